The van der Waals surface area contributed by atoms with E-state index in [2.05, 4.69) is 0 Å². The average molecular weight is 250 g/mol. The van der Waals surface area contributed by atoms with Gasteiger partial charge in [0.25, 0.3) is 6.43 Å². The van der Waals surface area contributed by atoms with E-state index >= 15 is 0 Å². The number of rotatable bonds is 2. The molecule has 0 aromatic heterocycles. The maximum atomic E-state index is 12.6. The van der Waals surface area contributed by atoms with Crippen molar-refractivity contribution in [2.45, 2.75) is 57.7 Å². The fourth-order valence-electron chi connectivity index (χ4n) is 1.91. The molecule has 0 aromatic carbocycles. The number of amides is 1. The summed E-state index contributed by atoms with van der Waals surface area (Å²) in [5.74, 6) is 0. The first-order chi connectivity index (χ1) is 7.72. The number of ether oxygens (including phenoxy) is 1. The summed E-state index contributed by atoms with van der Waals surface area (Å²) < 4.78 is 30.3. The summed E-state index contributed by atoms with van der Waals surface area (Å²) in [5.41, 5.74) is 4.79. The van der Waals surface area contributed by atoms with Crippen molar-refractivity contribution in [2.75, 3.05) is 6.54 Å². The topological polar surface area (TPSA) is 55.6 Å². The quantitative estimate of drug-likeness (QED) is 0.815. The first-order valence-electron chi connectivity index (χ1n) is 5.76. The largest absolute Gasteiger partial charge is 0.444 e. The van der Waals surface area contributed by atoms with E-state index < -0.39 is 30.2 Å². The van der Waals surface area contributed by atoms with Gasteiger partial charge in [0.15, 0.2) is 0 Å². The highest BCUT2D eigenvalue weighted by Gasteiger charge is 2.38. The lowest BCUT2D eigenvalue weighted by Crippen LogP contribution is -2.51. The van der Waals surface area contributed by atoms with Gasteiger partial charge in [0.05, 0.1) is 12.1 Å². The molecule has 0 radical (unpaired) electrons. The lowest BCUT2D eigenvalue weighted by molar-refractivity contribution is 0.0113. The predicted molar refractivity (Wildman–Crippen MR) is 59.9 cm³/mol. The van der Waals surface area contributed by atoms with Gasteiger partial charge in [-0.05, 0) is 33.6 Å². The number of hydrogen-bond acceptors (Lipinski definition) is 3. The Morgan fingerprint density at radius 3 is 2.53 bits per heavy atom. The van der Waals surface area contributed by atoms with Gasteiger partial charge in [-0.25, -0.2) is 13.6 Å². The molecular formula is C11H20F2N2O2. The van der Waals surface area contributed by atoms with Crippen LogP contribution in [-0.2, 0) is 4.74 Å². The normalized spacial score (nSPS) is 23.0. The van der Waals surface area contributed by atoms with Gasteiger partial charge >= 0.3 is 6.09 Å². The Bertz CT molecular complexity index is 279. The number of halogens is 2. The number of carbonyl (C=O) groups is 1. The van der Waals surface area contributed by atoms with E-state index in [9.17, 15) is 13.6 Å². The molecule has 1 amide bonds. The second kappa shape index (κ2) is 5.16. The third-order valence-corrected chi connectivity index (χ3v) is 2.66. The molecule has 0 spiro atoms. The molecular weight excluding hydrogens is 230 g/mol. The van der Waals surface area contributed by atoms with Crippen molar-refractivity contribution in [3.8, 4) is 0 Å². The summed E-state index contributed by atoms with van der Waals surface area (Å²) >= 11 is 0. The van der Waals surface area contributed by atoms with Gasteiger partial charge in [-0.1, -0.05) is 0 Å². The van der Waals surface area contributed by atoms with Crippen molar-refractivity contribution in [3.05, 3.63) is 0 Å². The Morgan fingerprint density at radius 1 is 1.47 bits per heavy atom. The number of carbonyl (C=O) groups excluding carboxylic acids is 1. The minimum absolute atomic E-state index is 0.431. The molecule has 1 aliphatic heterocycles. The van der Waals surface area contributed by atoms with Crippen LogP contribution in [0.3, 0.4) is 0 Å². The monoisotopic (exact) mass is 250 g/mol. The SMILES string of the molecule is CC(C)(C)OC(=O)N1CCCC1C(N)C(F)F. The fraction of sp³-hybridized carbons (Fsp3) is 0.909. The zero-order chi connectivity index (χ0) is 13.2. The van der Waals surface area contributed by atoms with E-state index in [1.807, 2.05) is 0 Å². The van der Waals surface area contributed by atoms with Crippen LogP contribution in [0.25, 0.3) is 0 Å². The van der Waals surface area contributed by atoms with Gasteiger partial charge in [0.1, 0.15) is 5.60 Å². The first kappa shape index (κ1) is 14.2. The lowest BCUT2D eigenvalue weighted by Gasteiger charge is -2.31. The van der Waals surface area contributed by atoms with Gasteiger partial charge < -0.3 is 15.4 Å². The van der Waals surface area contributed by atoms with Crippen LogP contribution in [0.2, 0.25) is 0 Å². The Hall–Kier alpha value is -0.910. The predicted octanol–water partition coefficient (Wildman–Crippen LogP) is 1.98. The molecule has 0 aliphatic carbocycles. The maximum Gasteiger partial charge on any atom is 0.410 e. The summed E-state index contributed by atoms with van der Waals surface area (Å²) in [7, 11) is 0. The molecule has 100 valence electrons. The molecule has 1 saturated heterocycles. The molecule has 4 nitrogen and oxygen atoms in total. The van der Waals surface area contributed by atoms with Crippen LogP contribution in [0.5, 0.6) is 0 Å². The smallest absolute Gasteiger partial charge is 0.410 e. The molecule has 2 unspecified atom stereocenters. The highest BCUT2D eigenvalue weighted by atomic mass is 19.3. The third kappa shape index (κ3) is 3.80. The van der Waals surface area contributed by atoms with Gasteiger partial charge in [-0.2, -0.15) is 0 Å². The Kier molecular flexibility index (Phi) is 4.30. The van der Waals surface area contributed by atoms with E-state index in [0.29, 0.717) is 19.4 Å². The number of nitrogens with two attached hydrogens (primary N) is 1. The van der Waals surface area contributed by atoms with Crippen LogP contribution < -0.4 is 5.73 Å². The number of hydrogen-bond donors (Lipinski definition) is 1. The Morgan fingerprint density at radius 2 is 2.06 bits per heavy atom. The van der Waals surface area contributed by atoms with Crippen molar-refractivity contribution in [1.82, 2.24) is 4.90 Å². The fourth-order valence-corrected chi connectivity index (χ4v) is 1.91. The van der Waals surface area contributed by atoms with E-state index in [1.54, 1.807) is 20.8 Å². The standard InChI is InChI=1S/C11H20F2N2O2/c1-11(2,3)17-10(16)15-6-4-5-7(15)8(14)9(12)13/h7-9H,4-6,14H2,1-3H3. The van der Waals surface area contributed by atoms with Gasteiger partial charge in [0.2, 0.25) is 0 Å². The zero-order valence-corrected chi connectivity index (χ0v) is 10.5. The number of nitrogens with zero attached hydrogens (tertiary/aromatic N) is 1. The van der Waals surface area contributed by atoms with Crippen LogP contribution in [-0.4, -0.2) is 41.6 Å². The van der Waals surface area contributed by atoms with Crippen molar-refractivity contribution in [2.24, 2.45) is 5.73 Å². The van der Waals surface area contributed by atoms with Crippen molar-refractivity contribution < 1.29 is 18.3 Å². The van der Waals surface area contributed by atoms with E-state index in [-0.39, 0.29) is 0 Å². The number of alkyl halides is 2. The summed E-state index contributed by atoms with van der Waals surface area (Å²) in [6.45, 7) is 5.65. The average Bonchev–Trinajstić information content (AvgIpc) is 2.61. The lowest BCUT2D eigenvalue weighted by atomic mass is 10.1. The maximum absolute atomic E-state index is 12.6. The molecule has 0 saturated carbocycles. The second-order valence-corrected chi connectivity index (χ2v) is 5.30. The van der Waals surface area contributed by atoms with Crippen LogP contribution >= 0.6 is 0 Å². The Labute approximate surface area is 100 Å². The van der Waals surface area contributed by atoms with E-state index in [0.717, 1.165) is 0 Å². The van der Waals surface area contributed by atoms with E-state index in [4.69, 9.17) is 10.5 Å². The zero-order valence-electron chi connectivity index (χ0n) is 10.5. The van der Waals surface area contributed by atoms with Crippen molar-refractivity contribution in [1.29, 1.82) is 0 Å². The van der Waals surface area contributed by atoms with Crippen molar-refractivity contribution >= 4 is 6.09 Å². The summed E-state index contributed by atoms with van der Waals surface area (Å²) in [6, 6.07) is -1.92. The number of likely N-dealkylation sites (tertiary alicyclic amines) is 1. The molecule has 0 bridgehead atoms. The van der Waals surface area contributed by atoms with Crippen LogP contribution in [0.15, 0.2) is 0 Å². The van der Waals surface area contributed by atoms with Crippen LogP contribution in [0.1, 0.15) is 33.6 Å². The Balaban J connectivity index is 2.66. The molecule has 1 fully saturated rings. The minimum atomic E-state index is -2.62. The molecule has 0 aromatic rings. The molecule has 1 aliphatic rings. The van der Waals surface area contributed by atoms with Crippen LogP contribution in [0, 0.1) is 0 Å². The molecule has 1 rings (SSSR count). The highest BCUT2D eigenvalue weighted by molar-refractivity contribution is 5.69. The second-order valence-electron chi connectivity index (χ2n) is 5.30. The highest BCUT2D eigenvalue weighted by Crippen LogP contribution is 2.24. The van der Waals surface area contributed by atoms with Gasteiger partial charge in [-0.15, -0.1) is 0 Å². The molecule has 2 atom stereocenters. The third-order valence-electron chi connectivity index (χ3n) is 2.66. The summed E-state index contributed by atoms with van der Waals surface area (Å²) in [4.78, 5) is 13.1. The van der Waals surface area contributed by atoms with Crippen LogP contribution in [0.4, 0.5) is 13.6 Å². The minimum Gasteiger partial charge on any atom is -0.444 e. The summed E-state index contributed by atoms with van der Waals surface area (Å²) in [6.07, 6.45) is -1.99. The van der Waals surface area contributed by atoms with Gasteiger partial charge in [0, 0.05) is 6.54 Å². The van der Waals surface area contributed by atoms with E-state index in [1.165, 1.54) is 4.90 Å². The molecule has 17 heavy (non-hydrogen) atoms. The van der Waals surface area contributed by atoms with Gasteiger partial charge in [-0.3, -0.25) is 0 Å². The first-order valence-corrected chi connectivity index (χ1v) is 5.76. The molecule has 1 heterocycles. The van der Waals surface area contributed by atoms with Crippen molar-refractivity contribution in [3.63, 3.8) is 0 Å². The molecule has 6 heteroatoms. The summed E-state index contributed by atoms with van der Waals surface area (Å²) in [5, 5.41) is 0. The molecule has 2 N–H and O–H groups in total.